The number of halogens is 3. The number of carbonyl (C=O) groups is 2. The molecule has 5 rings (SSSR count). The fourth-order valence-electron chi connectivity index (χ4n) is 4.71. The smallest absolute Gasteiger partial charge is 0.369 e. The summed E-state index contributed by atoms with van der Waals surface area (Å²) in [6.07, 6.45) is -0.179. The predicted octanol–water partition coefficient (Wildman–Crippen LogP) is 4.02. The van der Waals surface area contributed by atoms with E-state index in [1.165, 1.54) is 24.3 Å². The number of benzene rings is 1. The van der Waals surface area contributed by atoms with Crippen molar-refractivity contribution in [1.29, 1.82) is 5.26 Å². The van der Waals surface area contributed by atoms with Crippen LogP contribution in [0.3, 0.4) is 0 Å². The van der Waals surface area contributed by atoms with Gasteiger partial charge in [0.1, 0.15) is 11.6 Å². The molecule has 1 aliphatic heterocycles. The Kier molecular flexibility index (Phi) is 6.68. The molecule has 1 unspecified atom stereocenters. The Morgan fingerprint density at radius 2 is 1.95 bits per heavy atom. The highest BCUT2D eigenvalue weighted by molar-refractivity contribution is 6.04. The zero-order valence-corrected chi connectivity index (χ0v) is 20.8. The molecule has 1 aromatic carbocycles. The van der Waals surface area contributed by atoms with Crippen LogP contribution in [0.1, 0.15) is 39.5 Å². The number of imidazole rings is 1. The number of nitriles is 1. The van der Waals surface area contributed by atoms with Crippen LogP contribution in [0.25, 0.3) is 16.9 Å². The van der Waals surface area contributed by atoms with Crippen molar-refractivity contribution in [2.45, 2.75) is 18.5 Å². The number of amides is 2. The second kappa shape index (κ2) is 10.1. The first-order valence-corrected chi connectivity index (χ1v) is 12.0. The van der Waals surface area contributed by atoms with E-state index in [0.29, 0.717) is 42.1 Å². The summed E-state index contributed by atoms with van der Waals surface area (Å²) >= 11 is 0. The minimum absolute atomic E-state index is 0.0288. The first-order valence-electron chi connectivity index (χ1n) is 12.0. The molecule has 2 amide bonds. The molecule has 1 aliphatic rings. The molecule has 0 radical (unpaired) electrons. The standard InChI is InChI=1S/C27H21F3N8O2/c1-2-22(39)37-10-7-16(14-37)23-20-6-9-34-26(32)38(20)24(36-23)19-4-3-15(11-17(19)13-31)25(40)35-21-12-18(5-8-33-21)27(28,29)30/h2-6,8-9,11-12,16H,1,7,10,14H2,(H2,32,34)(H,33,35,40). The molecule has 3 N–H and O–H groups in total. The number of hydrogen-bond donors (Lipinski definition) is 2. The van der Waals surface area contributed by atoms with Gasteiger partial charge in [-0.05, 0) is 48.9 Å². The summed E-state index contributed by atoms with van der Waals surface area (Å²) in [6, 6.07) is 9.56. The maximum atomic E-state index is 13.0. The Labute approximate surface area is 225 Å². The van der Waals surface area contributed by atoms with Crippen molar-refractivity contribution >= 4 is 29.1 Å². The Balaban J connectivity index is 1.50. The average Bonchev–Trinajstić information content (AvgIpc) is 3.58. The summed E-state index contributed by atoms with van der Waals surface area (Å²) in [6.45, 7) is 4.52. The molecule has 4 aromatic rings. The predicted molar refractivity (Wildman–Crippen MR) is 139 cm³/mol. The van der Waals surface area contributed by atoms with Gasteiger partial charge in [0.05, 0.1) is 28.4 Å². The lowest BCUT2D eigenvalue weighted by molar-refractivity contribution is -0.137. The molecule has 1 fully saturated rings. The Morgan fingerprint density at radius 1 is 1.18 bits per heavy atom. The number of nitrogens with zero attached hydrogens (tertiary/aromatic N) is 6. The average molecular weight is 547 g/mol. The van der Waals surface area contributed by atoms with Crippen LogP contribution in [0.5, 0.6) is 0 Å². The number of fused-ring (bicyclic) bond motifs is 1. The first kappa shape index (κ1) is 26.4. The minimum atomic E-state index is -4.60. The van der Waals surface area contributed by atoms with Gasteiger partial charge in [0.2, 0.25) is 11.9 Å². The largest absolute Gasteiger partial charge is 0.416 e. The molecule has 4 heterocycles. The van der Waals surface area contributed by atoms with Crippen LogP contribution in [0, 0.1) is 11.3 Å². The van der Waals surface area contributed by atoms with Crippen LogP contribution in [0.4, 0.5) is 24.9 Å². The zero-order valence-electron chi connectivity index (χ0n) is 20.8. The lowest BCUT2D eigenvalue weighted by Crippen LogP contribution is -2.26. The van der Waals surface area contributed by atoms with E-state index in [0.717, 1.165) is 18.3 Å². The maximum Gasteiger partial charge on any atom is 0.416 e. The molecule has 3 aromatic heterocycles. The number of nitrogens with one attached hydrogen (secondary N) is 1. The number of aromatic nitrogens is 4. The summed E-state index contributed by atoms with van der Waals surface area (Å²) in [5.74, 6) is -0.844. The second-order valence-corrected chi connectivity index (χ2v) is 9.07. The van der Waals surface area contributed by atoms with Gasteiger partial charge < -0.3 is 16.0 Å². The van der Waals surface area contributed by atoms with Gasteiger partial charge in [0.25, 0.3) is 5.91 Å². The number of pyridine rings is 1. The number of anilines is 2. The van der Waals surface area contributed by atoms with Crippen molar-refractivity contribution in [3.05, 3.63) is 83.8 Å². The van der Waals surface area contributed by atoms with Crippen molar-refractivity contribution in [1.82, 2.24) is 24.3 Å². The van der Waals surface area contributed by atoms with Gasteiger partial charge >= 0.3 is 6.18 Å². The molecule has 0 bridgehead atoms. The summed E-state index contributed by atoms with van der Waals surface area (Å²) in [5, 5.41) is 12.3. The van der Waals surface area contributed by atoms with Gasteiger partial charge in [-0.1, -0.05) is 6.58 Å². The van der Waals surface area contributed by atoms with Gasteiger partial charge in [-0.15, -0.1) is 0 Å². The van der Waals surface area contributed by atoms with E-state index in [2.05, 4.69) is 27.9 Å². The molecule has 0 spiro atoms. The van der Waals surface area contributed by atoms with Gasteiger partial charge in [-0.2, -0.15) is 18.4 Å². The third kappa shape index (κ3) is 4.82. The molecule has 1 atom stereocenters. The van der Waals surface area contributed by atoms with E-state index < -0.39 is 17.6 Å². The fraction of sp³-hybridized carbons (Fsp3) is 0.185. The molecule has 40 heavy (non-hydrogen) atoms. The second-order valence-electron chi connectivity index (χ2n) is 9.07. The number of nitrogens with two attached hydrogens (primary N) is 1. The summed E-state index contributed by atoms with van der Waals surface area (Å²) in [5.41, 5.74) is 7.08. The minimum Gasteiger partial charge on any atom is -0.369 e. The topological polar surface area (TPSA) is 142 Å². The van der Waals surface area contributed by atoms with E-state index in [-0.39, 0.29) is 34.7 Å². The van der Waals surface area contributed by atoms with E-state index >= 15 is 0 Å². The number of likely N-dealkylation sites (tertiary alicyclic amines) is 1. The highest BCUT2D eigenvalue weighted by Gasteiger charge is 2.32. The zero-order chi connectivity index (χ0) is 28.6. The van der Waals surface area contributed by atoms with Gasteiger partial charge in [0.15, 0.2) is 0 Å². The fourth-order valence-corrected chi connectivity index (χ4v) is 4.71. The maximum absolute atomic E-state index is 13.0. The number of carbonyl (C=O) groups excluding carboxylic acids is 2. The van der Waals surface area contributed by atoms with Crippen molar-refractivity contribution in [3.8, 4) is 17.5 Å². The van der Waals surface area contributed by atoms with Crippen LogP contribution in [0.15, 0.2) is 61.4 Å². The Bertz CT molecular complexity index is 1710. The molecule has 13 heteroatoms. The Morgan fingerprint density at radius 3 is 2.67 bits per heavy atom. The van der Waals surface area contributed by atoms with Crippen molar-refractivity contribution in [3.63, 3.8) is 0 Å². The summed E-state index contributed by atoms with van der Waals surface area (Å²) in [4.78, 5) is 39.3. The number of hydrogen-bond acceptors (Lipinski definition) is 7. The third-order valence-corrected chi connectivity index (χ3v) is 6.64. The number of rotatable bonds is 5. The molecule has 0 saturated carbocycles. The Hall–Kier alpha value is -5.25. The highest BCUT2D eigenvalue weighted by atomic mass is 19.4. The summed E-state index contributed by atoms with van der Waals surface area (Å²) < 4.78 is 40.7. The van der Waals surface area contributed by atoms with Crippen LogP contribution < -0.4 is 11.1 Å². The van der Waals surface area contributed by atoms with Crippen molar-refractivity contribution in [2.75, 3.05) is 24.1 Å². The molecule has 1 saturated heterocycles. The SMILES string of the molecule is C=CC(=O)N1CCC(c2nc(-c3ccc(C(=O)Nc4cc(C(F)(F)F)ccn4)cc3C#N)n3c(N)nccc23)C1. The lowest BCUT2D eigenvalue weighted by atomic mass is 10.0. The molecule has 202 valence electrons. The van der Waals surface area contributed by atoms with E-state index in [4.69, 9.17) is 10.7 Å². The van der Waals surface area contributed by atoms with Gasteiger partial charge in [-0.3, -0.25) is 14.0 Å². The van der Waals surface area contributed by atoms with Crippen LogP contribution in [-0.2, 0) is 11.0 Å². The number of alkyl halides is 3. The van der Waals surface area contributed by atoms with E-state index in [1.807, 2.05) is 0 Å². The van der Waals surface area contributed by atoms with Crippen LogP contribution in [-0.4, -0.2) is 49.2 Å². The van der Waals surface area contributed by atoms with Gasteiger partial charge in [0, 0.05) is 42.5 Å². The van der Waals surface area contributed by atoms with Crippen LogP contribution >= 0.6 is 0 Å². The molecule has 10 nitrogen and oxygen atoms in total. The quantitative estimate of drug-likeness (QED) is 0.360. The van der Waals surface area contributed by atoms with Crippen molar-refractivity contribution < 1.29 is 22.8 Å². The summed E-state index contributed by atoms with van der Waals surface area (Å²) in [7, 11) is 0. The van der Waals surface area contributed by atoms with Crippen molar-refractivity contribution in [2.24, 2.45) is 0 Å². The molecule has 0 aliphatic carbocycles. The highest BCUT2D eigenvalue weighted by Crippen LogP contribution is 2.35. The van der Waals surface area contributed by atoms with Gasteiger partial charge in [-0.25, -0.2) is 15.0 Å². The van der Waals surface area contributed by atoms with E-state index in [9.17, 15) is 28.0 Å². The first-order chi connectivity index (χ1) is 19.1. The normalized spacial score (nSPS) is 15.2. The lowest BCUT2D eigenvalue weighted by Gasteiger charge is -2.13. The molecular formula is C27H21F3N8O2. The monoisotopic (exact) mass is 546 g/mol. The third-order valence-electron chi connectivity index (χ3n) is 6.64. The van der Waals surface area contributed by atoms with Crippen LogP contribution in [0.2, 0.25) is 0 Å². The molecular weight excluding hydrogens is 525 g/mol. The van der Waals surface area contributed by atoms with E-state index in [1.54, 1.807) is 21.6 Å². The number of nitrogen functional groups attached to an aromatic ring is 1.